The van der Waals surface area contributed by atoms with E-state index in [0.29, 0.717) is 0 Å². The molecular weight excluding hydrogens is 330 g/mol. The first-order valence-electron chi connectivity index (χ1n) is 5.84. The highest BCUT2D eigenvalue weighted by Gasteiger charge is 2.13. The number of hydrogen-bond donors (Lipinski definition) is 0. The molecule has 0 aliphatic carbocycles. The minimum atomic E-state index is -4.41. The van der Waals surface area contributed by atoms with Crippen molar-refractivity contribution in [2.75, 3.05) is 19.6 Å². The first kappa shape index (κ1) is 18.2. The van der Waals surface area contributed by atoms with Crippen LogP contribution in [0.4, 0.5) is 0 Å². The van der Waals surface area contributed by atoms with Crippen molar-refractivity contribution < 1.29 is 21.7 Å². The monoisotopic (exact) mass is 347 g/mol. The Morgan fingerprint density at radius 2 is 1.76 bits per heavy atom. The number of para-hydroxylation sites is 1. The number of thioether (sulfide) groups is 2. The Bertz CT molecular complexity index is 717. The lowest BCUT2D eigenvalue weighted by molar-refractivity contribution is -0.647. The van der Waals surface area contributed by atoms with Crippen molar-refractivity contribution in [1.29, 1.82) is 0 Å². The summed E-state index contributed by atoms with van der Waals surface area (Å²) in [6, 6.07) is 8.55. The van der Waals surface area contributed by atoms with E-state index in [2.05, 4.69) is 58.8 Å². The fourth-order valence-electron chi connectivity index (χ4n) is 1.77. The summed E-state index contributed by atoms with van der Waals surface area (Å²) < 4.78 is 33.2. The SMILES string of the molecule is COS(=O)(=O)[O-].CSc1c[n+](C)c2ccccc2c1SC. The highest BCUT2D eigenvalue weighted by molar-refractivity contribution is 8.01. The van der Waals surface area contributed by atoms with Crippen molar-refractivity contribution in [2.45, 2.75) is 9.79 Å². The number of aryl methyl sites for hydroxylation is 1. The van der Waals surface area contributed by atoms with Crippen LogP contribution in [-0.4, -0.2) is 32.6 Å². The number of benzene rings is 1. The molecule has 0 atom stereocenters. The molecule has 0 saturated carbocycles. The van der Waals surface area contributed by atoms with Gasteiger partial charge in [0.1, 0.15) is 7.05 Å². The minimum Gasteiger partial charge on any atom is -0.726 e. The van der Waals surface area contributed by atoms with Crippen molar-refractivity contribution in [2.24, 2.45) is 7.05 Å². The fraction of sp³-hybridized carbons (Fsp3) is 0.308. The van der Waals surface area contributed by atoms with E-state index >= 15 is 0 Å². The van der Waals surface area contributed by atoms with Gasteiger partial charge in [-0.05, 0) is 18.6 Å². The lowest BCUT2D eigenvalue weighted by atomic mass is 10.2. The summed E-state index contributed by atoms with van der Waals surface area (Å²) in [4.78, 5) is 2.74. The molecule has 2 rings (SSSR count). The summed E-state index contributed by atoms with van der Waals surface area (Å²) in [5, 5.41) is 1.35. The number of aromatic nitrogens is 1. The molecular formula is C13H17NO4S3. The molecule has 8 heteroatoms. The summed E-state index contributed by atoms with van der Waals surface area (Å²) in [5.41, 5.74) is 1.29. The topological polar surface area (TPSA) is 70.3 Å². The molecule has 2 aromatic rings. The van der Waals surface area contributed by atoms with E-state index in [0.717, 1.165) is 7.11 Å². The molecule has 0 spiro atoms. The Hall–Kier alpha value is -0.800. The van der Waals surface area contributed by atoms with Crippen molar-refractivity contribution in [3.8, 4) is 0 Å². The second-order valence-electron chi connectivity index (χ2n) is 3.93. The summed E-state index contributed by atoms with van der Waals surface area (Å²) in [6.45, 7) is 0. The first-order chi connectivity index (χ1) is 9.84. The third-order valence-corrected chi connectivity index (χ3v) is 4.83. The highest BCUT2D eigenvalue weighted by Crippen LogP contribution is 2.32. The van der Waals surface area contributed by atoms with Crippen molar-refractivity contribution >= 4 is 44.8 Å². The van der Waals surface area contributed by atoms with E-state index in [-0.39, 0.29) is 0 Å². The molecule has 1 aromatic heterocycles. The quantitative estimate of drug-likeness (QED) is 0.367. The number of pyridine rings is 1. The zero-order valence-electron chi connectivity index (χ0n) is 12.2. The molecule has 0 radical (unpaired) electrons. The molecule has 0 bridgehead atoms. The molecule has 1 heterocycles. The van der Waals surface area contributed by atoms with Gasteiger partial charge in [0.2, 0.25) is 15.9 Å². The summed E-state index contributed by atoms with van der Waals surface area (Å²) in [7, 11) is -1.50. The van der Waals surface area contributed by atoms with Gasteiger partial charge in [0.25, 0.3) is 0 Å². The van der Waals surface area contributed by atoms with Crippen molar-refractivity contribution in [3.63, 3.8) is 0 Å². The van der Waals surface area contributed by atoms with E-state index < -0.39 is 10.4 Å². The van der Waals surface area contributed by atoms with Crippen LogP contribution in [0.5, 0.6) is 0 Å². The van der Waals surface area contributed by atoms with Crippen LogP contribution in [0.15, 0.2) is 40.3 Å². The molecule has 0 fully saturated rings. The number of nitrogens with zero attached hydrogens (tertiary/aromatic N) is 1. The summed E-state index contributed by atoms with van der Waals surface area (Å²) >= 11 is 3.63. The van der Waals surface area contributed by atoms with Gasteiger partial charge in [-0.1, -0.05) is 12.1 Å². The third kappa shape index (κ3) is 5.15. The molecule has 1 aromatic carbocycles. The van der Waals surface area contributed by atoms with Crippen LogP contribution in [0, 0.1) is 0 Å². The standard InChI is InChI=1S/C12H14NS2.CH4O4S/c1-13-8-11(14-2)12(15-3)9-6-4-5-7-10(9)13;1-5-6(2,3)4/h4-8H,1-3H3;1H3,(H,2,3,4)/q+1;/p-1. The average molecular weight is 347 g/mol. The lowest BCUT2D eigenvalue weighted by Gasteiger charge is -2.06. The van der Waals surface area contributed by atoms with Crippen LogP contribution >= 0.6 is 23.5 Å². The molecule has 0 saturated heterocycles. The van der Waals surface area contributed by atoms with Crippen LogP contribution < -0.4 is 4.57 Å². The van der Waals surface area contributed by atoms with Crippen LogP contribution in [0.2, 0.25) is 0 Å². The van der Waals surface area contributed by atoms with Gasteiger partial charge in [-0.3, -0.25) is 4.18 Å². The lowest BCUT2D eigenvalue weighted by Crippen LogP contribution is -2.28. The van der Waals surface area contributed by atoms with Gasteiger partial charge in [-0.25, -0.2) is 8.42 Å². The van der Waals surface area contributed by atoms with Crippen molar-refractivity contribution in [3.05, 3.63) is 30.5 Å². The molecule has 0 amide bonds. The fourth-order valence-corrected chi connectivity index (χ4v) is 3.47. The van der Waals surface area contributed by atoms with Gasteiger partial charge in [0, 0.05) is 11.0 Å². The smallest absolute Gasteiger partial charge is 0.217 e. The van der Waals surface area contributed by atoms with E-state index in [1.54, 1.807) is 0 Å². The number of fused-ring (bicyclic) bond motifs is 1. The van der Waals surface area contributed by atoms with Gasteiger partial charge < -0.3 is 4.55 Å². The Kier molecular flexibility index (Phi) is 6.95. The second kappa shape index (κ2) is 8.00. The zero-order chi connectivity index (χ0) is 16.0. The van der Waals surface area contributed by atoms with Gasteiger partial charge >= 0.3 is 0 Å². The zero-order valence-corrected chi connectivity index (χ0v) is 14.6. The molecule has 0 aliphatic rings. The Labute approximate surface area is 133 Å². The van der Waals surface area contributed by atoms with Gasteiger partial charge in [-0.2, -0.15) is 4.57 Å². The molecule has 0 aliphatic heterocycles. The molecule has 116 valence electrons. The molecule has 5 nitrogen and oxygen atoms in total. The Balaban J connectivity index is 0.000000315. The normalized spacial score (nSPS) is 11.1. The van der Waals surface area contributed by atoms with Crippen LogP contribution in [0.25, 0.3) is 10.9 Å². The van der Waals surface area contributed by atoms with E-state index in [9.17, 15) is 13.0 Å². The predicted molar refractivity (Wildman–Crippen MR) is 85.4 cm³/mol. The maximum Gasteiger partial charge on any atom is 0.217 e. The van der Waals surface area contributed by atoms with Gasteiger partial charge in [-0.15, -0.1) is 23.5 Å². The minimum absolute atomic E-state index is 0.808. The second-order valence-corrected chi connectivity index (χ2v) is 6.75. The number of rotatable bonds is 3. The molecule has 21 heavy (non-hydrogen) atoms. The summed E-state index contributed by atoms with van der Waals surface area (Å²) in [6.07, 6.45) is 6.48. The Morgan fingerprint density at radius 3 is 2.24 bits per heavy atom. The predicted octanol–water partition coefficient (Wildman–Crippen LogP) is 2.20. The third-order valence-electron chi connectivity index (χ3n) is 2.69. The average Bonchev–Trinajstić information content (AvgIpc) is 2.47. The number of hydrogen-bond acceptors (Lipinski definition) is 6. The molecule has 0 unspecified atom stereocenters. The van der Waals surface area contributed by atoms with Crippen LogP contribution in [-0.2, 0) is 21.6 Å². The summed E-state index contributed by atoms with van der Waals surface area (Å²) in [5.74, 6) is 0. The Morgan fingerprint density at radius 1 is 1.19 bits per heavy atom. The van der Waals surface area contributed by atoms with E-state index in [1.165, 1.54) is 20.7 Å². The van der Waals surface area contributed by atoms with Crippen molar-refractivity contribution in [1.82, 2.24) is 0 Å². The van der Waals surface area contributed by atoms with Gasteiger partial charge in [0.15, 0.2) is 6.20 Å². The van der Waals surface area contributed by atoms with E-state index in [1.807, 2.05) is 23.5 Å². The van der Waals surface area contributed by atoms with Crippen LogP contribution in [0.1, 0.15) is 0 Å². The maximum atomic E-state index is 9.22. The largest absolute Gasteiger partial charge is 0.726 e. The van der Waals surface area contributed by atoms with E-state index in [4.69, 9.17) is 0 Å². The molecule has 0 N–H and O–H groups in total. The first-order valence-corrected chi connectivity index (χ1v) is 9.63. The maximum absolute atomic E-state index is 9.22. The van der Waals surface area contributed by atoms with Crippen LogP contribution in [0.3, 0.4) is 0 Å². The van der Waals surface area contributed by atoms with Gasteiger partial charge in [0.05, 0.1) is 17.4 Å². The highest BCUT2D eigenvalue weighted by atomic mass is 32.3.